The summed E-state index contributed by atoms with van der Waals surface area (Å²) in [4.78, 5) is 0. The molecule has 1 nitrogen and oxygen atoms in total. The molecule has 3 rings (SSSR count). The van der Waals surface area contributed by atoms with Gasteiger partial charge in [0.05, 0.1) is 0 Å². The maximum absolute atomic E-state index is 6.24. The summed E-state index contributed by atoms with van der Waals surface area (Å²) < 4.78 is 0. The van der Waals surface area contributed by atoms with Crippen molar-refractivity contribution in [3.8, 4) is 0 Å². The maximum Gasteiger partial charge on any atom is 0.0406 e. The summed E-state index contributed by atoms with van der Waals surface area (Å²) in [6.45, 7) is 1.24. The molecule has 3 fully saturated rings. The van der Waals surface area contributed by atoms with Crippen LogP contribution in [0.1, 0.15) is 57.8 Å². The summed E-state index contributed by atoms with van der Waals surface area (Å²) in [6, 6.07) is 0. The summed E-state index contributed by atoms with van der Waals surface area (Å²) in [5.41, 5.74) is 0.293. The quantitative estimate of drug-likeness (QED) is 0.750. The monoisotopic (exact) mass is 255 g/mol. The SMILES string of the molecule is ClCC1(NCC2CC3CCC2C3)CCCCC1. The second kappa shape index (κ2) is 5.09. The van der Waals surface area contributed by atoms with Gasteiger partial charge in [0.15, 0.2) is 0 Å². The van der Waals surface area contributed by atoms with E-state index in [9.17, 15) is 0 Å². The van der Waals surface area contributed by atoms with E-state index >= 15 is 0 Å². The summed E-state index contributed by atoms with van der Waals surface area (Å²) in [5.74, 6) is 3.90. The van der Waals surface area contributed by atoms with Crippen LogP contribution in [0.5, 0.6) is 0 Å². The molecule has 0 heterocycles. The molecule has 0 aliphatic heterocycles. The van der Waals surface area contributed by atoms with Gasteiger partial charge in [-0.1, -0.05) is 25.7 Å². The summed E-state index contributed by atoms with van der Waals surface area (Å²) in [5, 5.41) is 3.88. The Kier molecular flexibility index (Phi) is 3.68. The molecule has 3 saturated carbocycles. The number of rotatable bonds is 4. The second-order valence-electron chi connectivity index (χ2n) is 6.79. The van der Waals surface area contributed by atoms with Crippen molar-refractivity contribution in [2.45, 2.75) is 63.3 Å². The predicted octanol–water partition coefficient (Wildman–Crippen LogP) is 3.95. The lowest BCUT2D eigenvalue weighted by Gasteiger charge is -2.38. The third-order valence-electron chi connectivity index (χ3n) is 5.69. The van der Waals surface area contributed by atoms with E-state index in [1.807, 2.05) is 0 Å². The van der Waals surface area contributed by atoms with Crippen molar-refractivity contribution in [2.75, 3.05) is 12.4 Å². The molecule has 0 aromatic heterocycles. The molecule has 2 bridgehead atoms. The number of alkyl halides is 1. The molecule has 3 aliphatic rings. The highest BCUT2D eigenvalue weighted by atomic mass is 35.5. The summed E-state index contributed by atoms with van der Waals surface area (Å²) in [7, 11) is 0. The number of hydrogen-bond donors (Lipinski definition) is 1. The van der Waals surface area contributed by atoms with Gasteiger partial charge in [0, 0.05) is 11.4 Å². The molecular weight excluding hydrogens is 230 g/mol. The highest BCUT2D eigenvalue weighted by Crippen LogP contribution is 2.48. The Balaban J connectivity index is 1.52. The summed E-state index contributed by atoms with van der Waals surface area (Å²) in [6.07, 6.45) is 12.8. The van der Waals surface area contributed by atoms with E-state index in [1.165, 1.54) is 64.3 Å². The number of halogens is 1. The van der Waals surface area contributed by atoms with Gasteiger partial charge in [0.2, 0.25) is 0 Å². The van der Waals surface area contributed by atoms with Gasteiger partial charge in [-0.2, -0.15) is 0 Å². The zero-order valence-electron chi connectivity index (χ0n) is 10.9. The first-order valence-corrected chi connectivity index (χ1v) is 8.16. The van der Waals surface area contributed by atoms with E-state index in [0.29, 0.717) is 5.54 Å². The first kappa shape index (κ1) is 12.3. The highest BCUT2D eigenvalue weighted by molar-refractivity contribution is 6.18. The Labute approximate surface area is 111 Å². The second-order valence-corrected chi connectivity index (χ2v) is 7.06. The maximum atomic E-state index is 6.24. The molecule has 2 heteroatoms. The largest absolute Gasteiger partial charge is 0.310 e. The molecule has 0 radical (unpaired) electrons. The van der Waals surface area contributed by atoms with Gasteiger partial charge in [-0.25, -0.2) is 0 Å². The fraction of sp³-hybridized carbons (Fsp3) is 1.00. The molecular formula is C15H26ClN. The summed E-state index contributed by atoms with van der Waals surface area (Å²) >= 11 is 6.24. The van der Waals surface area contributed by atoms with Crippen LogP contribution in [-0.2, 0) is 0 Å². The van der Waals surface area contributed by atoms with Crippen LogP contribution < -0.4 is 5.32 Å². The molecule has 0 saturated heterocycles. The smallest absolute Gasteiger partial charge is 0.0406 e. The van der Waals surface area contributed by atoms with Crippen LogP contribution >= 0.6 is 11.6 Å². The molecule has 3 atom stereocenters. The van der Waals surface area contributed by atoms with Gasteiger partial charge in [0.1, 0.15) is 0 Å². The first-order valence-electron chi connectivity index (χ1n) is 7.62. The van der Waals surface area contributed by atoms with Crippen molar-refractivity contribution in [3.63, 3.8) is 0 Å². The Morgan fingerprint density at radius 3 is 2.47 bits per heavy atom. The van der Waals surface area contributed by atoms with Crippen molar-refractivity contribution < 1.29 is 0 Å². The predicted molar refractivity (Wildman–Crippen MR) is 73.5 cm³/mol. The average Bonchev–Trinajstić information content (AvgIpc) is 3.00. The van der Waals surface area contributed by atoms with E-state index in [4.69, 9.17) is 11.6 Å². The number of nitrogens with one attached hydrogen (secondary N) is 1. The lowest BCUT2D eigenvalue weighted by Crippen LogP contribution is -2.50. The van der Waals surface area contributed by atoms with Crippen LogP contribution in [0.25, 0.3) is 0 Å². The Hall–Kier alpha value is 0.250. The van der Waals surface area contributed by atoms with Crippen molar-refractivity contribution in [1.82, 2.24) is 5.32 Å². The van der Waals surface area contributed by atoms with E-state index < -0.39 is 0 Å². The Morgan fingerprint density at radius 1 is 1.06 bits per heavy atom. The van der Waals surface area contributed by atoms with Gasteiger partial charge < -0.3 is 5.32 Å². The zero-order chi connectivity index (χ0) is 11.7. The zero-order valence-corrected chi connectivity index (χ0v) is 11.6. The third-order valence-corrected chi connectivity index (χ3v) is 6.20. The topological polar surface area (TPSA) is 12.0 Å². The molecule has 1 N–H and O–H groups in total. The fourth-order valence-electron chi connectivity index (χ4n) is 4.56. The highest BCUT2D eigenvalue weighted by Gasteiger charge is 2.40. The normalized spacial score (nSPS) is 39.7. The van der Waals surface area contributed by atoms with Gasteiger partial charge in [-0.15, -0.1) is 11.6 Å². The van der Waals surface area contributed by atoms with Crippen LogP contribution in [0.15, 0.2) is 0 Å². The van der Waals surface area contributed by atoms with Crippen LogP contribution in [0.4, 0.5) is 0 Å². The van der Waals surface area contributed by atoms with Crippen molar-refractivity contribution in [3.05, 3.63) is 0 Å². The molecule has 3 unspecified atom stereocenters. The lowest BCUT2D eigenvalue weighted by molar-refractivity contribution is 0.221. The van der Waals surface area contributed by atoms with E-state index in [-0.39, 0.29) is 0 Å². The molecule has 3 aliphatic carbocycles. The van der Waals surface area contributed by atoms with Gasteiger partial charge >= 0.3 is 0 Å². The van der Waals surface area contributed by atoms with Crippen molar-refractivity contribution in [2.24, 2.45) is 17.8 Å². The number of fused-ring (bicyclic) bond motifs is 2. The molecule has 98 valence electrons. The standard InChI is InChI=1S/C15H26ClN/c16-11-15(6-2-1-3-7-15)17-10-14-9-12-4-5-13(14)8-12/h12-14,17H,1-11H2. The minimum Gasteiger partial charge on any atom is -0.310 e. The molecule has 0 aromatic carbocycles. The third kappa shape index (κ3) is 2.51. The fourth-order valence-corrected chi connectivity index (χ4v) is 4.92. The Morgan fingerprint density at radius 2 is 1.88 bits per heavy atom. The minimum absolute atomic E-state index is 0.293. The van der Waals surface area contributed by atoms with Crippen molar-refractivity contribution >= 4 is 11.6 Å². The first-order chi connectivity index (χ1) is 8.31. The van der Waals surface area contributed by atoms with E-state index in [2.05, 4.69) is 5.32 Å². The van der Waals surface area contributed by atoms with E-state index in [0.717, 1.165) is 23.6 Å². The van der Waals surface area contributed by atoms with Crippen LogP contribution in [-0.4, -0.2) is 18.0 Å². The van der Waals surface area contributed by atoms with Gasteiger partial charge in [-0.05, 0) is 56.4 Å². The molecule has 17 heavy (non-hydrogen) atoms. The average molecular weight is 256 g/mol. The molecule has 0 spiro atoms. The lowest BCUT2D eigenvalue weighted by atomic mass is 9.81. The molecule has 0 amide bonds. The van der Waals surface area contributed by atoms with Gasteiger partial charge in [-0.3, -0.25) is 0 Å². The van der Waals surface area contributed by atoms with E-state index in [1.54, 1.807) is 0 Å². The van der Waals surface area contributed by atoms with Crippen LogP contribution in [0.3, 0.4) is 0 Å². The van der Waals surface area contributed by atoms with Crippen LogP contribution in [0.2, 0.25) is 0 Å². The molecule has 0 aromatic rings. The minimum atomic E-state index is 0.293. The van der Waals surface area contributed by atoms with Crippen LogP contribution in [0, 0.1) is 17.8 Å². The van der Waals surface area contributed by atoms with Gasteiger partial charge in [0.25, 0.3) is 0 Å². The van der Waals surface area contributed by atoms with Crippen molar-refractivity contribution in [1.29, 1.82) is 0 Å². The number of hydrogen-bond acceptors (Lipinski definition) is 1. The Bertz CT molecular complexity index is 260.